The number of aliphatic hydroxyl groups is 1. The Morgan fingerprint density at radius 1 is 0.922 bits per heavy atom. The van der Waals surface area contributed by atoms with Crippen LogP contribution in [0.2, 0.25) is 5.02 Å². The van der Waals surface area contributed by atoms with Crippen molar-refractivity contribution in [3.63, 3.8) is 0 Å². The van der Waals surface area contributed by atoms with E-state index < -0.39 is 47.4 Å². The molecule has 2 aliphatic rings. The number of nitrogens with zero attached hydrogens (tertiary/aromatic N) is 3. The zero-order valence-electron chi connectivity index (χ0n) is 38.1. The molecular weight excluding hydrogens is 834 g/mol. The molecule has 3 aromatic carbocycles. The predicted molar refractivity (Wildman–Crippen MR) is 244 cm³/mol. The molecule has 1 saturated heterocycles. The quantitative estimate of drug-likeness (QED) is 0.0859. The summed E-state index contributed by atoms with van der Waals surface area (Å²) >= 11 is 6.23. The van der Waals surface area contributed by atoms with Crippen molar-refractivity contribution in [2.45, 2.75) is 117 Å². The fourth-order valence-corrected chi connectivity index (χ4v) is 9.23. The van der Waals surface area contributed by atoms with E-state index in [0.29, 0.717) is 40.6 Å². The molecule has 64 heavy (non-hydrogen) atoms. The van der Waals surface area contributed by atoms with E-state index in [2.05, 4.69) is 61.1 Å². The molecular formula is C49H62ClN7O7. The minimum atomic E-state index is -0.965. The molecule has 2 fully saturated rings. The van der Waals surface area contributed by atoms with Gasteiger partial charge in [-0.25, -0.2) is 0 Å². The van der Waals surface area contributed by atoms with E-state index in [1.54, 1.807) is 61.5 Å². The Morgan fingerprint density at radius 3 is 2.20 bits per heavy atom. The van der Waals surface area contributed by atoms with Crippen LogP contribution in [-0.2, 0) is 19.1 Å². The average Bonchev–Trinajstić information content (AvgIpc) is 3.65. The molecule has 342 valence electrons. The van der Waals surface area contributed by atoms with E-state index in [1.807, 2.05) is 32.9 Å². The van der Waals surface area contributed by atoms with Gasteiger partial charge in [0.15, 0.2) is 0 Å². The highest BCUT2D eigenvalue weighted by atomic mass is 35.5. The van der Waals surface area contributed by atoms with Crippen molar-refractivity contribution < 1.29 is 33.8 Å². The normalized spacial score (nSPS) is 20.7. The highest BCUT2D eigenvalue weighted by Gasteiger charge is 2.64. The number of halogens is 1. The molecule has 1 heterocycles. The summed E-state index contributed by atoms with van der Waals surface area (Å²) in [5, 5.41) is 41.5. The summed E-state index contributed by atoms with van der Waals surface area (Å²) in [5.41, 5.74) is 1.66. The van der Waals surface area contributed by atoms with Crippen molar-refractivity contribution in [1.82, 2.24) is 20.9 Å². The number of rotatable bonds is 18. The Hall–Kier alpha value is -5.67. The van der Waals surface area contributed by atoms with Crippen LogP contribution in [0.4, 0.5) is 5.69 Å². The Balaban J connectivity index is 1.000. The third-order valence-electron chi connectivity index (χ3n) is 12.3. The molecule has 4 atom stereocenters. The van der Waals surface area contributed by atoms with E-state index >= 15 is 0 Å². The van der Waals surface area contributed by atoms with E-state index in [4.69, 9.17) is 26.3 Å². The smallest absolute Gasteiger partial charge is 0.251 e. The number of likely N-dealkylation sites (tertiary alicyclic amines) is 1. The fraction of sp³-hybridized carbons (Fsp3) is 0.510. The molecule has 0 spiro atoms. The molecule has 0 aromatic heterocycles. The van der Waals surface area contributed by atoms with Crippen LogP contribution in [0.1, 0.15) is 114 Å². The lowest BCUT2D eigenvalue weighted by molar-refractivity contribution is -0.164. The van der Waals surface area contributed by atoms with Gasteiger partial charge in [-0.15, -0.1) is 0 Å². The van der Waals surface area contributed by atoms with Gasteiger partial charge in [0, 0.05) is 60.3 Å². The van der Waals surface area contributed by atoms with Crippen LogP contribution in [0.15, 0.2) is 66.7 Å². The lowest BCUT2D eigenvalue weighted by atomic mass is 9.49. The molecule has 4 amide bonds. The van der Waals surface area contributed by atoms with Gasteiger partial charge in [0.2, 0.25) is 17.7 Å². The zero-order valence-corrected chi connectivity index (χ0v) is 38.8. The summed E-state index contributed by atoms with van der Waals surface area (Å²) in [6, 6.07) is 20.9. The largest absolute Gasteiger partial charge is 0.489 e. The van der Waals surface area contributed by atoms with Crippen molar-refractivity contribution in [3.05, 3.63) is 94.0 Å². The van der Waals surface area contributed by atoms with E-state index in [9.17, 15) is 29.5 Å². The number of carbonyl (C=O) groups is 4. The van der Waals surface area contributed by atoms with Crippen molar-refractivity contribution >= 4 is 40.9 Å². The number of β-amino-alcohol motifs (C(OH)–C–C–N with tert-alkyl or cyclic N) is 1. The van der Waals surface area contributed by atoms with Crippen molar-refractivity contribution in [2.24, 2.45) is 16.2 Å². The van der Waals surface area contributed by atoms with E-state index in [-0.39, 0.29) is 48.5 Å². The summed E-state index contributed by atoms with van der Waals surface area (Å²) in [7, 11) is 0. The second-order valence-corrected chi connectivity index (χ2v) is 19.6. The third-order valence-corrected chi connectivity index (χ3v) is 12.6. The standard InChI is InChI=1S/C49H62ClN7O7/c1-30(32-14-12-31(26-51)13-15-32)54-43(61)39-24-36(58)28-57(39)44(62)41(47(2,3)4)55-40(59)29-63-23-11-9-10-22-53-35-19-16-33(17-20-35)42(60)56-45-48(5,6)46(49(45,7)8)64-37-21-18-34(27-52)38(50)25-37/h12-21,25,30,36,39,41,45-46,53,58H,9-11,22-24,28-29H2,1-8H3,(H,54,61)(H,55,59)(H,56,60)/t30-,36+,39-,41?,45-,46-/m0/s1. The monoisotopic (exact) mass is 895 g/mol. The Labute approximate surface area is 382 Å². The molecule has 14 nitrogen and oxygen atoms in total. The number of nitrogens with one attached hydrogen (secondary N) is 4. The molecule has 1 saturated carbocycles. The van der Waals surface area contributed by atoms with Crippen LogP contribution in [0.5, 0.6) is 5.75 Å². The Bertz CT molecular complexity index is 2210. The molecule has 5 N–H and O–H groups in total. The molecule has 0 bridgehead atoms. The van der Waals surface area contributed by atoms with Crippen molar-refractivity contribution in [3.8, 4) is 17.9 Å². The topological polar surface area (TPSA) is 206 Å². The second kappa shape index (κ2) is 20.9. The maximum absolute atomic E-state index is 13.9. The van der Waals surface area contributed by atoms with Crippen LogP contribution in [0.25, 0.3) is 0 Å². The van der Waals surface area contributed by atoms with Gasteiger partial charge in [-0.05, 0) is 85.7 Å². The van der Waals surface area contributed by atoms with Crippen LogP contribution in [0.3, 0.4) is 0 Å². The molecule has 0 radical (unpaired) electrons. The van der Waals surface area contributed by atoms with Gasteiger partial charge >= 0.3 is 0 Å². The van der Waals surface area contributed by atoms with Gasteiger partial charge in [-0.1, -0.05) is 72.2 Å². The third kappa shape index (κ3) is 11.9. The number of anilines is 1. The maximum Gasteiger partial charge on any atom is 0.251 e. The van der Waals surface area contributed by atoms with Gasteiger partial charge in [0.1, 0.15) is 36.6 Å². The predicted octanol–water partition coefficient (Wildman–Crippen LogP) is 6.66. The number of hydrogen-bond donors (Lipinski definition) is 5. The minimum Gasteiger partial charge on any atom is -0.489 e. The van der Waals surface area contributed by atoms with E-state index in [1.165, 1.54) is 4.90 Å². The van der Waals surface area contributed by atoms with Gasteiger partial charge < -0.3 is 40.7 Å². The van der Waals surface area contributed by atoms with Gasteiger partial charge in [0.05, 0.1) is 34.4 Å². The SMILES string of the molecule is C[C@H](NC(=O)[C@@H]1C[C@@H](O)CN1C(=O)C(NC(=O)COCCCCCNc1ccc(C(=O)N[C@H]2C(C)(C)[C@H](Oc3ccc(C#N)c(Cl)c3)C2(C)C)cc1)C(C)(C)C)c1ccc(C#N)cc1. The number of aliphatic hydroxyl groups excluding tert-OH is 1. The van der Waals surface area contributed by atoms with Crippen LogP contribution in [-0.4, -0.2) is 90.3 Å². The number of nitriles is 2. The molecule has 5 rings (SSSR count). The maximum atomic E-state index is 13.9. The number of carbonyl (C=O) groups excluding carboxylic acids is 4. The minimum absolute atomic E-state index is 0.0334. The summed E-state index contributed by atoms with van der Waals surface area (Å²) in [4.78, 5) is 55.1. The Kier molecular flexibility index (Phi) is 16.1. The van der Waals surface area contributed by atoms with Crippen LogP contribution >= 0.6 is 11.6 Å². The summed E-state index contributed by atoms with van der Waals surface area (Å²) in [5.74, 6) is -0.910. The first kappa shape index (κ1) is 49.3. The first-order chi connectivity index (χ1) is 30.2. The van der Waals surface area contributed by atoms with Crippen LogP contribution in [0, 0.1) is 38.9 Å². The second-order valence-electron chi connectivity index (χ2n) is 19.1. The highest BCUT2D eigenvalue weighted by molar-refractivity contribution is 6.31. The lowest BCUT2D eigenvalue weighted by Gasteiger charge is -2.63. The van der Waals surface area contributed by atoms with Gasteiger partial charge in [-0.2, -0.15) is 10.5 Å². The van der Waals surface area contributed by atoms with Gasteiger partial charge in [-0.3, -0.25) is 19.2 Å². The number of ether oxygens (including phenoxy) is 2. The number of amides is 4. The summed E-state index contributed by atoms with van der Waals surface area (Å²) in [6.45, 7) is 16.3. The molecule has 3 aromatic rings. The Morgan fingerprint density at radius 2 is 1.59 bits per heavy atom. The van der Waals surface area contributed by atoms with Gasteiger partial charge in [0.25, 0.3) is 5.91 Å². The van der Waals surface area contributed by atoms with Crippen molar-refractivity contribution in [2.75, 3.05) is 31.6 Å². The lowest BCUT2D eigenvalue weighted by Crippen LogP contribution is -2.74. The molecule has 1 unspecified atom stereocenters. The number of hydrogen-bond acceptors (Lipinski definition) is 10. The molecule has 1 aliphatic heterocycles. The highest BCUT2D eigenvalue weighted by Crippen LogP contribution is 2.55. The number of benzene rings is 3. The summed E-state index contributed by atoms with van der Waals surface area (Å²) < 4.78 is 12.0. The molecule has 1 aliphatic carbocycles. The van der Waals surface area contributed by atoms with Crippen LogP contribution < -0.4 is 26.0 Å². The van der Waals surface area contributed by atoms with E-state index in [0.717, 1.165) is 30.5 Å². The summed E-state index contributed by atoms with van der Waals surface area (Å²) in [6.07, 6.45) is 1.40. The van der Waals surface area contributed by atoms with Crippen molar-refractivity contribution in [1.29, 1.82) is 10.5 Å². The fourth-order valence-electron chi connectivity index (χ4n) is 9.02. The molecule has 15 heteroatoms. The first-order valence-corrected chi connectivity index (χ1v) is 22.2. The first-order valence-electron chi connectivity index (χ1n) is 21.8. The number of unbranched alkanes of at least 4 members (excludes halogenated alkanes) is 2. The average molecular weight is 897 g/mol. The zero-order chi connectivity index (χ0) is 47.0.